The van der Waals surface area contributed by atoms with E-state index in [2.05, 4.69) is 115 Å². The molecule has 1 nitrogen and oxygen atoms in total. The van der Waals surface area contributed by atoms with E-state index < -0.39 is 0 Å². The normalized spacial score (nSPS) is 24.2. The van der Waals surface area contributed by atoms with Gasteiger partial charge in [-0.2, -0.15) is 0 Å². The number of para-hydroxylation sites is 1. The highest BCUT2D eigenvalue weighted by Crippen LogP contribution is 2.65. The van der Waals surface area contributed by atoms with Crippen LogP contribution in [0.15, 0.2) is 120 Å². The van der Waals surface area contributed by atoms with Crippen molar-refractivity contribution in [3.63, 3.8) is 0 Å². The molecule has 5 atom stereocenters. The van der Waals surface area contributed by atoms with E-state index in [-0.39, 0.29) is 0 Å². The van der Waals surface area contributed by atoms with Crippen molar-refractivity contribution in [2.24, 2.45) is 11.8 Å². The van der Waals surface area contributed by atoms with Crippen LogP contribution in [0, 0.1) is 11.8 Å². The Morgan fingerprint density at radius 1 is 0.489 bits per heavy atom. The van der Waals surface area contributed by atoms with Gasteiger partial charge in [0.2, 0.25) is 0 Å². The topological polar surface area (TPSA) is 13.1 Å². The fourth-order valence-electron chi connectivity index (χ4n) is 11.0. The monoisotopic (exact) mass is 606 g/mol. The average molecular weight is 607 g/mol. The summed E-state index contributed by atoms with van der Waals surface area (Å²) in [6, 6.07) is 43.5. The Bertz CT molecular complexity index is 2390. The molecular weight excluding hydrogens is 569 g/mol. The molecule has 5 unspecified atom stereocenters. The van der Waals surface area contributed by atoms with Gasteiger partial charge in [0.1, 0.15) is 11.2 Å². The number of fused-ring (bicyclic) bond motifs is 11. The Balaban J connectivity index is 1.05. The van der Waals surface area contributed by atoms with E-state index in [9.17, 15) is 0 Å². The van der Waals surface area contributed by atoms with Crippen molar-refractivity contribution in [2.45, 2.75) is 62.7 Å². The van der Waals surface area contributed by atoms with Gasteiger partial charge in [-0.3, -0.25) is 0 Å². The van der Waals surface area contributed by atoms with E-state index in [1.807, 2.05) is 0 Å². The molecule has 0 bridgehead atoms. The summed E-state index contributed by atoms with van der Waals surface area (Å²) in [4.78, 5) is 0. The summed E-state index contributed by atoms with van der Waals surface area (Å²) >= 11 is 0. The van der Waals surface area contributed by atoms with Gasteiger partial charge >= 0.3 is 0 Å². The Morgan fingerprint density at radius 3 is 2.28 bits per heavy atom. The third-order valence-corrected chi connectivity index (χ3v) is 12.8. The van der Waals surface area contributed by atoms with E-state index >= 15 is 0 Å². The van der Waals surface area contributed by atoms with Gasteiger partial charge in [0.05, 0.1) is 0 Å². The van der Waals surface area contributed by atoms with Gasteiger partial charge in [0.25, 0.3) is 0 Å². The molecule has 228 valence electrons. The van der Waals surface area contributed by atoms with Crippen LogP contribution in [0.25, 0.3) is 66.1 Å². The van der Waals surface area contributed by atoms with E-state index in [1.54, 1.807) is 22.3 Å². The average Bonchev–Trinajstić information content (AvgIpc) is 3.54. The minimum atomic E-state index is 0.641. The molecule has 0 spiro atoms. The first-order chi connectivity index (χ1) is 23.3. The molecule has 0 aliphatic heterocycles. The smallest absolute Gasteiger partial charge is 0.143 e. The summed E-state index contributed by atoms with van der Waals surface area (Å²) in [5.41, 5.74) is 15.0. The molecule has 0 N–H and O–H groups in total. The van der Waals surface area contributed by atoms with Crippen LogP contribution in [-0.4, -0.2) is 0 Å². The third kappa shape index (κ3) is 3.72. The first-order valence-corrected chi connectivity index (χ1v) is 18.0. The third-order valence-electron chi connectivity index (χ3n) is 12.8. The predicted octanol–water partition coefficient (Wildman–Crippen LogP) is 13.0. The van der Waals surface area contributed by atoms with Crippen molar-refractivity contribution in [3.8, 4) is 33.4 Å². The number of hydrogen-bond acceptors (Lipinski definition) is 1. The quantitative estimate of drug-likeness (QED) is 0.191. The van der Waals surface area contributed by atoms with Gasteiger partial charge in [-0.15, -0.1) is 0 Å². The van der Waals surface area contributed by atoms with Crippen LogP contribution >= 0.6 is 0 Å². The standard InChI is InChI=1S/C46H38O/c1-2-12-31-27(9-1)22-24-42-43(31)40-20-6-15-32(46(40)47-42)30-11-5-10-28(25-30)29-21-23-35-38-18-7-16-36-33-13-3-4-14-34(33)37-17-8-19-39(41(35)26-29)45(37)44(36)38/h1-2,5-7,9-12,15-16,18,20-26,33-34,37,39,45H,3-4,8,13-14,17,19H2. The first kappa shape index (κ1) is 26.4. The van der Waals surface area contributed by atoms with Crippen molar-refractivity contribution in [1.29, 1.82) is 0 Å². The van der Waals surface area contributed by atoms with Crippen LogP contribution in [0.4, 0.5) is 0 Å². The van der Waals surface area contributed by atoms with Crippen molar-refractivity contribution >= 4 is 32.7 Å². The predicted molar refractivity (Wildman–Crippen MR) is 195 cm³/mol. The van der Waals surface area contributed by atoms with E-state index in [0.717, 1.165) is 34.5 Å². The van der Waals surface area contributed by atoms with E-state index in [4.69, 9.17) is 4.42 Å². The second-order valence-corrected chi connectivity index (χ2v) is 14.9. The Morgan fingerprint density at radius 2 is 1.28 bits per heavy atom. The van der Waals surface area contributed by atoms with Crippen LogP contribution < -0.4 is 0 Å². The number of furan rings is 1. The molecule has 1 heteroatoms. The van der Waals surface area contributed by atoms with E-state index in [1.165, 1.54) is 88.7 Å². The molecule has 1 heterocycles. The van der Waals surface area contributed by atoms with Crippen molar-refractivity contribution in [3.05, 3.63) is 132 Å². The maximum atomic E-state index is 6.62. The number of rotatable bonds is 2. The summed E-state index contributed by atoms with van der Waals surface area (Å²) in [5.74, 6) is 3.87. The highest BCUT2D eigenvalue weighted by Gasteiger charge is 2.50. The molecule has 0 saturated heterocycles. The van der Waals surface area contributed by atoms with Crippen LogP contribution in [-0.2, 0) is 0 Å². The van der Waals surface area contributed by atoms with Gasteiger partial charge < -0.3 is 4.42 Å². The van der Waals surface area contributed by atoms with Crippen LogP contribution in [0.3, 0.4) is 0 Å². The number of benzene rings is 6. The zero-order valence-corrected chi connectivity index (χ0v) is 26.7. The van der Waals surface area contributed by atoms with Gasteiger partial charge in [0.15, 0.2) is 0 Å². The van der Waals surface area contributed by atoms with E-state index in [0.29, 0.717) is 11.8 Å². The molecule has 2 fully saturated rings. The molecule has 4 aliphatic rings. The molecular formula is C46H38O. The lowest BCUT2D eigenvalue weighted by atomic mass is 9.50. The Kier molecular flexibility index (Phi) is 5.59. The zero-order valence-electron chi connectivity index (χ0n) is 26.7. The Hall–Kier alpha value is -4.62. The molecule has 2 saturated carbocycles. The highest BCUT2D eigenvalue weighted by atomic mass is 16.3. The highest BCUT2D eigenvalue weighted by molar-refractivity contribution is 6.20. The minimum Gasteiger partial charge on any atom is -0.455 e. The fourth-order valence-corrected chi connectivity index (χ4v) is 11.0. The van der Waals surface area contributed by atoms with Crippen LogP contribution in [0.5, 0.6) is 0 Å². The van der Waals surface area contributed by atoms with Crippen molar-refractivity contribution in [1.82, 2.24) is 0 Å². The Labute approximate surface area is 276 Å². The summed E-state index contributed by atoms with van der Waals surface area (Å²) in [6.45, 7) is 0. The molecule has 11 rings (SSSR count). The SMILES string of the molecule is c1cc(-c2ccc3c(c2)C2CCCC4C5CCCCC5c5cccc-3c5C24)cc(-c2cccc3c2oc2ccc4ccccc4c23)c1. The molecule has 0 radical (unpaired) electrons. The summed E-state index contributed by atoms with van der Waals surface area (Å²) in [5, 5.41) is 4.89. The second-order valence-electron chi connectivity index (χ2n) is 14.9. The summed E-state index contributed by atoms with van der Waals surface area (Å²) < 4.78 is 6.62. The van der Waals surface area contributed by atoms with Gasteiger partial charge in [-0.25, -0.2) is 0 Å². The molecule has 47 heavy (non-hydrogen) atoms. The van der Waals surface area contributed by atoms with Crippen molar-refractivity contribution < 1.29 is 4.42 Å². The molecule has 1 aromatic heterocycles. The lowest BCUT2D eigenvalue weighted by Crippen LogP contribution is -2.41. The molecule has 7 aromatic rings. The molecule has 6 aromatic carbocycles. The number of hydrogen-bond donors (Lipinski definition) is 0. The zero-order chi connectivity index (χ0) is 30.6. The maximum Gasteiger partial charge on any atom is 0.143 e. The maximum absolute atomic E-state index is 6.62. The minimum absolute atomic E-state index is 0.641. The first-order valence-electron chi connectivity index (χ1n) is 18.0. The summed E-state index contributed by atoms with van der Waals surface area (Å²) in [7, 11) is 0. The van der Waals surface area contributed by atoms with Crippen molar-refractivity contribution in [2.75, 3.05) is 0 Å². The lowest BCUT2D eigenvalue weighted by molar-refractivity contribution is 0.115. The summed E-state index contributed by atoms with van der Waals surface area (Å²) in [6.07, 6.45) is 9.81. The lowest BCUT2D eigenvalue weighted by Gasteiger charge is -2.54. The van der Waals surface area contributed by atoms with Crippen LogP contribution in [0.1, 0.15) is 79.4 Å². The largest absolute Gasteiger partial charge is 0.455 e. The molecule has 0 amide bonds. The van der Waals surface area contributed by atoms with Gasteiger partial charge in [-0.05, 0) is 123 Å². The van der Waals surface area contributed by atoms with Crippen LogP contribution in [0.2, 0.25) is 0 Å². The van der Waals surface area contributed by atoms with Gasteiger partial charge in [-0.1, -0.05) is 122 Å². The molecule has 4 aliphatic carbocycles. The fraction of sp³-hybridized carbons (Fsp3) is 0.261. The second kappa shape index (κ2) is 9.94. The van der Waals surface area contributed by atoms with Gasteiger partial charge in [0, 0.05) is 16.3 Å².